The van der Waals surface area contributed by atoms with Gasteiger partial charge in [0.1, 0.15) is 0 Å². The third-order valence-corrected chi connectivity index (χ3v) is 2.70. The van der Waals surface area contributed by atoms with Crippen molar-refractivity contribution >= 4 is 11.6 Å². The number of nitrogens with one attached hydrogen (secondary N) is 1. The maximum atomic E-state index is 11.4. The number of aliphatic hydroxyl groups excluding tert-OH is 1. The van der Waals surface area contributed by atoms with Crippen molar-refractivity contribution < 1.29 is 9.90 Å². The highest BCUT2D eigenvalue weighted by molar-refractivity contribution is 5.92. The zero-order chi connectivity index (χ0) is 10.7. The van der Waals surface area contributed by atoms with Gasteiger partial charge in [-0.15, -0.1) is 0 Å². The Hall–Kier alpha value is -1.35. The molecule has 0 saturated carbocycles. The summed E-state index contributed by atoms with van der Waals surface area (Å²) in [6.07, 6.45) is 3.11. The summed E-state index contributed by atoms with van der Waals surface area (Å²) in [4.78, 5) is 11.4. The molecule has 0 atom stereocenters. The van der Waals surface area contributed by atoms with Gasteiger partial charge in [-0.05, 0) is 36.5 Å². The molecule has 0 aromatic heterocycles. The highest BCUT2D eigenvalue weighted by Crippen LogP contribution is 2.23. The normalized spacial score (nSPS) is 15.4. The van der Waals surface area contributed by atoms with Crippen LogP contribution in [0.4, 0.5) is 5.69 Å². The molecule has 0 radical (unpaired) electrons. The number of benzene rings is 1. The maximum Gasteiger partial charge on any atom is 0.224 e. The second-order valence-corrected chi connectivity index (χ2v) is 3.87. The molecule has 1 heterocycles. The molecule has 0 aliphatic carbocycles. The summed E-state index contributed by atoms with van der Waals surface area (Å²) in [5, 5.41) is 11.7. The van der Waals surface area contributed by atoms with E-state index in [1.807, 2.05) is 18.2 Å². The average Bonchev–Trinajstić information content (AvgIpc) is 2.38. The topological polar surface area (TPSA) is 49.3 Å². The SMILES string of the molecule is O=C1CCCc2ccc(CCO)cc2N1. The molecule has 1 aromatic rings. The first kappa shape index (κ1) is 10.2. The quantitative estimate of drug-likeness (QED) is 0.768. The van der Waals surface area contributed by atoms with Gasteiger partial charge in [0, 0.05) is 18.7 Å². The van der Waals surface area contributed by atoms with Crippen molar-refractivity contribution in [2.24, 2.45) is 0 Å². The van der Waals surface area contributed by atoms with Crippen LogP contribution < -0.4 is 5.32 Å². The molecule has 1 aromatic carbocycles. The minimum Gasteiger partial charge on any atom is -0.396 e. The van der Waals surface area contributed by atoms with Crippen molar-refractivity contribution in [2.45, 2.75) is 25.7 Å². The number of amides is 1. The Morgan fingerprint density at radius 1 is 1.33 bits per heavy atom. The van der Waals surface area contributed by atoms with Gasteiger partial charge in [0.15, 0.2) is 0 Å². The van der Waals surface area contributed by atoms with E-state index in [0.717, 1.165) is 24.1 Å². The first-order valence-corrected chi connectivity index (χ1v) is 5.32. The lowest BCUT2D eigenvalue weighted by atomic mass is 10.0. The van der Waals surface area contributed by atoms with Crippen molar-refractivity contribution in [2.75, 3.05) is 11.9 Å². The van der Waals surface area contributed by atoms with Crippen LogP contribution in [-0.2, 0) is 17.6 Å². The van der Waals surface area contributed by atoms with E-state index in [1.165, 1.54) is 5.56 Å². The number of fused-ring (bicyclic) bond motifs is 1. The summed E-state index contributed by atoms with van der Waals surface area (Å²) in [7, 11) is 0. The van der Waals surface area contributed by atoms with E-state index in [2.05, 4.69) is 5.32 Å². The van der Waals surface area contributed by atoms with Crippen molar-refractivity contribution in [1.82, 2.24) is 0 Å². The molecule has 3 heteroatoms. The predicted molar refractivity (Wildman–Crippen MR) is 58.8 cm³/mol. The fourth-order valence-corrected chi connectivity index (χ4v) is 1.89. The number of hydrogen-bond acceptors (Lipinski definition) is 2. The van der Waals surface area contributed by atoms with Gasteiger partial charge in [0.05, 0.1) is 0 Å². The van der Waals surface area contributed by atoms with Gasteiger partial charge in [0.2, 0.25) is 5.91 Å². The summed E-state index contributed by atoms with van der Waals surface area (Å²) in [5.41, 5.74) is 3.18. The molecule has 0 bridgehead atoms. The largest absolute Gasteiger partial charge is 0.396 e. The second-order valence-electron chi connectivity index (χ2n) is 3.87. The summed E-state index contributed by atoms with van der Waals surface area (Å²) in [5.74, 6) is 0.0925. The lowest BCUT2D eigenvalue weighted by Gasteiger charge is -2.08. The number of carbonyl (C=O) groups is 1. The Kier molecular flexibility index (Phi) is 3.02. The van der Waals surface area contributed by atoms with Gasteiger partial charge in [-0.25, -0.2) is 0 Å². The van der Waals surface area contributed by atoms with Gasteiger partial charge in [-0.2, -0.15) is 0 Å². The molecule has 15 heavy (non-hydrogen) atoms. The highest BCUT2D eigenvalue weighted by Gasteiger charge is 2.12. The number of aryl methyl sites for hydroxylation is 1. The van der Waals surface area contributed by atoms with Crippen LogP contribution in [0.2, 0.25) is 0 Å². The smallest absolute Gasteiger partial charge is 0.224 e. The fourth-order valence-electron chi connectivity index (χ4n) is 1.89. The number of carbonyl (C=O) groups excluding carboxylic acids is 1. The summed E-state index contributed by atoms with van der Waals surface area (Å²) >= 11 is 0. The maximum absolute atomic E-state index is 11.4. The lowest BCUT2D eigenvalue weighted by molar-refractivity contribution is -0.116. The second kappa shape index (κ2) is 4.45. The van der Waals surface area contributed by atoms with Gasteiger partial charge in [-0.1, -0.05) is 12.1 Å². The van der Waals surface area contributed by atoms with Crippen LogP contribution in [0.15, 0.2) is 18.2 Å². The van der Waals surface area contributed by atoms with Crippen LogP contribution in [0.1, 0.15) is 24.0 Å². The Morgan fingerprint density at radius 3 is 3.00 bits per heavy atom. The van der Waals surface area contributed by atoms with E-state index in [9.17, 15) is 4.79 Å². The molecule has 3 nitrogen and oxygen atoms in total. The highest BCUT2D eigenvalue weighted by atomic mass is 16.2. The van der Waals surface area contributed by atoms with Crippen LogP contribution in [0.5, 0.6) is 0 Å². The average molecular weight is 205 g/mol. The van der Waals surface area contributed by atoms with Gasteiger partial charge >= 0.3 is 0 Å². The van der Waals surface area contributed by atoms with Gasteiger partial charge < -0.3 is 10.4 Å². The minimum absolute atomic E-state index is 0.0925. The zero-order valence-electron chi connectivity index (χ0n) is 8.62. The first-order valence-electron chi connectivity index (χ1n) is 5.32. The number of hydrogen-bond donors (Lipinski definition) is 2. The summed E-state index contributed by atoms with van der Waals surface area (Å²) in [6, 6.07) is 6.03. The molecule has 1 aliphatic heterocycles. The Bertz CT molecular complexity index is 374. The molecular weight excluding hydrogens is 190 g/mol. The molecule has 2 rings (SSSR count). The van der Waals surface area contributed by atoms with Crippen LogP contribution in [-0.4, -0.2) is 17.6 Å². The summed E-state index contributed by atoms with van der Waals surface area (Å²) in [6.45, 7) is 0.146. The molecule has 0 fully saturated rings. The Morgan fingerprint density at radius 2 is 2.20 bits per heavy atom. The molecule has 0 unspecified atom stereocenters. The fraction of sp³-hybridized carbons (Fsp3) is 0.417. The van der Waals surface area contributed by atoms with E-state index in [4.69, 9.17) is 5.11 Å². The summed E-state index contributed by atoms with van der Waals surface area (Å²) < 4.78 is 0. The third kappa shape index (κ3) is 2.36. The molecule has 1 aliphatic rings. The lowest BCUT2D eigenvalue weighted by Crippen LogP contribution is -2.09. The molecule has 0 saturated heterocycles. The minimum atomic E-state index is 0.0925. The van der Waals surface area contributed by atoms with Crippen LogP contribution >= 0.6 is 0 Å². The predicted octanol–water partition coefficient (Wildman–Crippen LogP) is 1.50. The standard InChI is InChI=1S/C12H15NO2/c14-7-6-9-4-5-10-2-1-3-12(15)13-11(10)8-9/h4-5,8,14H,1-3,6-7H2,(H,13,15). The van der Waals surface area contributed by atoms with E-state index in [-0.39, 0.29) is 12.5 Å². The van der Waals surface area contributed by atoms with Crippen LogP contribution in [0, 0.1) is 0 Å². The molecule has 1 amide bonds. The number of anilines is 1. The zero-order valence-corrected chi connectivity index (χ0v) is 8.62. The van der Waals surface area contributed by atoms with Crippen molar-refractivity contribution in [3.8, 4) is 0 Å². The van der Waals surface area contributed by atoms with Crippen molar-refractivity contribution in [3.05, 3.63) is 29.3 Å². The van der Waals surface area contributed by atoms with Crippen molar-refractivity contribution in [1.29, 1.82) is 0 Å². The van der Waals surface area contributed by atoms with E-state index in [1.54, 1.807) is 0 Å². The molecule has 2 N–H and O–H groups in total. The number of aliphatic hydroxyl groups is 1. The van der Waals surface area contributed by atoms with Crippen LogP contribution in [0.25, 0.3) is 0 Å². The van der Waals surface area contributed by atoms with Crippen LogP contribution in [0.3, 0.4) is 0 Å². The van der Waals surface area contributed by atoms with E-state index >= 15 is 0 Å². The van der Waals surface area contributed by atoms with E-state index < -0.39 is 0 Å². The number of rotatable bonds is 2. The Balaban J connectivity index is 2.28. The van der Waals surface area contributed by atoms with Gasteiger partial charge in [-0.3, -0.25) is 4.79 Å². The Labute approximate surface area is 89.1 Å². The molecule has 80 valence electrons. The van der Waals surface area contributed by atoms with Gasteiger partial charge in [0.25, 0.3) is 0 Å². The van der Waals surface area contributed by atoms with E-state index in [0.29, 0.717) is 12.8 Å². The first-order chi connectivity index (χ1) is 7.29. The van der Waals surface area contributed by atoms with Crippen molar-refractivity contribution in [3.63, 3.8) is 0 Å². The third-order valence-electron chi connectivity index (χ3n) is 2.70. The monoisotopic (exact) mass is 205 g/mol. The molecule has 0 spiro atoms. The molecular formula is C12H15NO2.